The van der Waals surface area contributed by atoms with Crippen LogP contribution in [-0.2, 0) is 4.74 Å². The first-order valence-electron chi connectivity index (χ1n) is 8.47. The minimum atomic E-state index is -0.178. The van der Waals surface area contributed by atoms with Crippen molar-refractivity contribution in [3.63, 3.8) is 0 Å². The van der Waals surface area contributed by atoms with Crippen LogP contribution in [0.1, 0.15) is 31.1 Å². The molecule has 0 spiro atoms. The van der Waals surface area contributed by atoms with Crippen molar-refractivity contribution in [1.82, 2.24) is 0 Å². The first-order valence-corrected chi connectivity index (χ1v) is 8.47. The molecule has 0 aliphatic carbocycles. The zero-order valence-corrected chi connectivity index (χ0v) is 15.0. The molecular weight excluding hydrogens is 318 g/mol. The van der Waals surface area contributed by atoms with Crippen molar-refractivity contribution in [2.24, 2.45) is 0 Å². The van der Waals surface area contributed by atoms with Gasteiger partial charge in [-0.25, -0.2) is 0 Å². The molecule has 0 fully saturated rings. The van der Waals surface area contributed by atoms with E-state index in [2.05, 4.69) is 5.32 Å². The summed E-state index contributed by atoms with van der Waals surface area (Å²) in [6.07, 6.45) is 0.0845. The van der Waals surface area contributed by atoms with Gasteiger partial charge in [-0.2, -0.15) is 0 Å². The summed E-state index contributed by atoms with van der Waals surface area (Å²) in [5.74, 6) is 1.26. The van der Waals surface area contributed by atoms with Crippen LogP contribution in [0.3, 0.4) is 0 Å². The Morgan fingerprint density at radius 2 is 1.80 bits per heavy atom. The van der Waals surface area contributed by atoms with E-state index in [1.807, 2.05) is 45.0 Å². The minimum absolute atomic E-state index is 0.0845. The molecule has 0 radical (unpaired) electrons. The molecule has 25 heavy (non-hydrogen) atoms. The number of carbonyl (C=O) groups is 1. The van der Waals surface area contributed by atoms with Gasteiger partial charge in [-0.1, -0.05) is 6.07 Å². The molecule has 0 aliphatic heterocycles. The Balaban J connectivity index is 1.92. The maximum atomic E-state index is 12.3. The van der Waals surface area contributed by atoms with Crippen molar-refractivity contribution < 1.29 is 19.0 Å². The third-order valence-corrected chi connectivity index (χ3v) is 3.28. The zero-order chi connectivity index (χ0) is 18.1. The van der Waals surface area contributed by atoms with Crippen LogP contribution in [0.4, 0.5) is 5.69 Å². The number of rotatable bonds is 9. The molecule has 0 heterocycles. The van der Waals surface area contributed by atoms with Gasteiger partial charge in [0.2, 0.25) is 0 Å². The number of benzene rings is 2. The van der Waals surface area contributed by atoms with Crippen LogP contribution in [0.5, 0.6) is 11.5 Å². The molecule has 1 N–H and O–H groups in total. The summed E-state index contributed by atoms with van der Waals surface area (Å²) in [5, 5.41) is 2.87. The van der Waals surface area contributed by atoms with Gasteiger partial charge < -0.3 is 19.5 Å². The highest BCUT2D eigenvalue weighted by Gasteiger charge is 2.07. The number of nitrogens with one attached hydrogen (secondary N) is 1. The molecule has 0 saturated carbocycles. The average molecular weight is 343 g/mol. The Morgan fingerprint density at radius 3 is 2.48 bits per heavy atom. The van der Waals surface area contributed by atoms with E-state index in [0.29, 0.717) is 36.8 Å². The van der Waals surface area contributed by atoms with Crippen molar-refractivity contribution in [2.45, 2.75) is 26.9 Å². The van der Waals surface area contributed by atoms with Gasteiger partial charge in [0.1, 0.15) is 18.1 Å². The number of anilines is 1. The second-order valence-corrected chi connectivity index (χ2v) is 5.72. The van der Waals surface area contributed by atoms with Crippen molar-refractivity contribution in [3.05, 3.63) is 54.1 Å². The molecule has 134 valence electrons. The summed E-state index contributed by atoms with van der Waals surface area (Å²) in [6, 6.07) is 14.4. The van der Waals surface area contributed by atoms with E-state index in [0.717, 1.165) is 5.75 Å². The van der Waals surface area contributed by atoms with Crippen LogP contribution in [0.25, 0.3) is 0 Å². The van der Waals surface area contributed by atoms with Crippen molar-refractivity contribution in [3.8, 4) is 11.5 Å². The number of hydrogen-bond donors (Lipinski definition) is 1. The summed E-state index contributed by atoms with van der Waals surface area (Å²) in [7, 11) is 0. The minimum Gasteiger partial charge on any atom is -0.491 e. The molecule has 5 heteroatoms. The largest absolute Gasteiger partial charge is 0.491 e. The van der Waals surface area contributed by atoms with Gasteiger partial charge in [0.15, 0.2) is 0 Å². The second-order valence-electron chi connectivity index (χ2n) is 5.72. The Labute approximate surface area is 148 Å². The third-order valence-electron chi connectivity index (χ3n) is 3.28. The lowest BCUT2D eigenvalue weighted by Gasteiger charge is -2.12. The summed E-state index contributed by atoms with van der Waals surface area (Å²) >= 11 is 0. The summed E-state index contributed by atoms with van der Waals surface area (Å²) in [6.45, 7) is 7.58. The van der Waals surface area contributed by atoms with Crippen LogP contribution in [0.15, 0.2) is 48.5 Å². The van der Waals surface area contributed by atoms with Gasteiger partial charge in [0.25, 0.3) is 5.91 Å². The molecule has 0 saturated heterocycles. The van der Waals surface area contributed by atoms with E-state index in [1.54, 1.807) is 24.3 Å². The molecule has 2 aromatic rings. The molecule has 1 amide bonds. The van der Waals surface area contributed by atoms with E-state index in [1.165, 1.54) is 0 Å². The van der Waals surface area contributed by atoms with Crippen molar-refractivity contribution in [1.29, 1.82) is 0 Å². The fourth-order valence-electron chi connectivity index (χ4n) is 2.19. The maximum absolute atomic E-state index is 12.3. The number of hydrogen-bond acceptors (Lipinski definition) is 4. The molecule has 0 atom stereocenters. The van der Waals surface area contributed by atoms with Gasteiger partial charge in [0.05, 0.1) is 12.7 Å². The van der Waals surface area contributed by atoms with Gasteiger partial charge in [-0.15, -0.1) is 0 Å². The average Bonchev–Trinajstić information content (AvgIpc) is 2.59. The lowest BCUT2D eigenvalue weighted by atomic mass is 10.2. The predicted molar refractivity (Wildman–Crippen MR) is 98.6 cm³/mol. The molecule has 2 rings (SSSR count). The molecule has 0 unspecified atom stereocenters. The Morgan fingerprint density at radius 1 is 1.04 bits per heavy atom. The smallest absolute Gasteiger partial charge is 0.255 e. The number of ether oxygens (including phenoxy) is 3. The van der Waals surface area contributed by atoms with Crippen LogP contribution in [0.2, 0.25) is 0 Å². The van der Waals surface area contributed by atoms with Gasteiger partial charge in [0, 0.05) is 23.9 Å². The SMILES string of the molecule is CCOCCOc1ccc(C(=O)Nc2cccc(OC(C)C)c2)cc1. The highest BCUT2D eigenvalue weighted by molar-refractivity contribution is 6.04. The van der Waals surface area contributed by atoms with Gasteiger partial charge >= 0.3 is 0 Å². The monoisotopic (exact) mass is 343 g/mol. The Kier molecular flexibility index (Phi) is 7.29. The quantitative estimate of drug-likeness (QED) is 0.695. The topological polar surface area (TPSA) is 56.8 Å². The summed E-state index contributed by atoms with van der Waals surface area (Å²) in [4.78, 5) is 12.3. The van der Waals surface area contributed by atoms with Crippen molar-refractivity contribution in [2.75, 3.05) is 25.1 Å². The predicted octanol–water partition coefficient (Wildman–Crippen LogP) is 4.14. The van der Waals surface area contributed by atoms with E-state index >= 15 is 0 Å². The first-order chi connectivity index (χ1) is 12.1. The highest BCUT2D eigenvalue weighted by Crippen LogP contribution is 2.20. The van der Waals surface area contributed by atoms with E-state index in [9.17, 15) is 4.79 Å². The third kappa shape index (κ3) is 6.47. The van der Waals surface area contributed by atoms with Gasteiger partial charge in [-0.05, 0) is 57.2 Å². The van der Waals surface area contributed by atoms with Gasteiger partial charge in [-0.3, -0.25) is 4.79 Å². The second kappa shape index (κ2) is 9.69. The van der Waals surface area contributed by atoms with E-state index < -0.39 is 0 Å². The standard InChI is InChI=1S/C20H25NO4/c1-4-23-12-13-24-18-10-8-16(9-11-18)20(22)21-17-6-5-7-19(14-17)25-15(2)3/h5-11,14-15H,4,12-13H2,1-3H3,(H,21,22). The fourth-order valence-corrected chi connectivity index (χ4v) is 2.19. The molecule has 0 bridgehead atoms. The number of amides is 1. The Hall–Kier alpha value is -2.53. The lowest BCUT2D eigenvalue weighted by Crippen LogP contribution is -2.12. The van der Waals surface area contributed by atoms with E-state index in [-0.39, 0.29) is 12.0 Å². The molecule has 0 aromatic heterocycles. The molecule has 5 nitrogen and oxygen atoms in total. The molecule has 0 aliphatic rings. The zero-order valence-electron chi connectivity index (χ0n) is 15.0. The maximum Gasteiger partial charge on any atom is 0.255 e. The van der Waals surface area contributed by atoms with Crippen LogP contribution in [0, 0.1) is 0 Å². The number of carbonyl (C=O) groups excluding carboxylic acids is 1. The summed E-state index contributed by atoms with van der Waals surface area (Å²) < 4.78 is 16.4. The Bertz CT molecular complexity index is 668. The van der Waals surface area contributed by atoms with Crippen LogP contribution in [-0.4, -0.2) is 31.8 Å². The van der Waals surface area contributed by atoms with E-state index in [4.69, 9.17) is 14.2 Å². The lowest BCUT2D eigenvalue weighted by molar-refractivity contribution is 0.102. The van der Waals surface area contributed by atoms with Crippen molar-refractivity contribution >= 4 is 11.6 Å². The fraction of sp³-hybridized carbons (Fsp3) is 0.350. The molecular formula is C20H25NO4. The summed E-state index contributed by atoms with van der Waals surface area (Å²) in [5.41, 5.74) is 1.26. The normalized spacial score (nSPS) is 10.6. The van der Waals surface area contributed by atoms with Crippen LogP contribution < -0.4 is 14.8 Å². The highest BCUT2D eigenvalue weighted by atomic mass is 16.5. The van der Waals surface area contributed by atoms with Crippen LogP contribution >= 0.6 is 0 Å². The molecule has 2 aromatic carbocycles. The first kappa shape index (κ1) is 18.8.